The van der Waals surface area contributed by atoms with E-state index in [1.807, 2.05) is 44.2 Å². The molecule has 1 N–H and O–H groups in total. The first kappa shape index (κ1) is 21.4. The van der Waals surface area contributed by atoms with Crippen molar-refractivity contribution >= 4 is 52.7 Å². The molecule has 0 fully saturated rings. The Bertz CT molecular complexity index is 1040. The van der Waals surface area contributed by atoms with E-state index in [4.69, 9.17) is 12.2 Å². The second-order valence-corrected chi connectivity index (χ2v) is 9.66. The lowest BCUT2D eigenvalue weighted by Crippen LogP contribution is -2.14. The summed E-state index contributed by atoms with van der Waals surface area (Å²) < 4.78 is 3.11. The first-order chi connectivity index (χ1) is 13.9. The summed E-state index contributed by atoms with van der Waals surface area (Å²) >= 11 is 8.15. The van der Waals surface area contributed by atoms with Crippen LogP contribution in [0.2, 0.25) is 0 Å². The van der Waals surface area contributed by atoms with E-state index >= 15 is 0 Å². The van der Waals surface area contributed by atoms with Crippen molar-refractivity contribution in [3.8, 4) is 5.69 Å². The zero-order valence-electron chi connectivity index (χ0n) is 16.1. The largest absolute Gasteiger partial charge is 0.326 e. The topological polar surface area (TPSA) is 64.0 Å². The molecule has 3 aromatic rings. The van der Waals surface area contributed by atoms with Crippen molar-refractivity contribution in [1.29, 1.82) is 0 Å². The Morgan fingerprint density at radius 3 is 2.48 bits per heavy atom. The molecule has 1 heterocycles. The number of hydrogen-bond acceptors (Lipinski definition) is 6. The van der Waals surface area contributed by atoms with Gasteiger partial charge in [0.25, 0.3) is 0 Å². The fourth-order valence-corrected chi connectivity index (χ4v) is 4.84. The molecule has 8 heteroatoms. The number of anilines is 1. The quantitative estimate of drug-likeness (QED) is 0.278. The van der Waals surface area contributed by atoms with Crippen LogP contribution in [-0.2, 0) is 4.79 Å². The second-order valence-electron chi connectivity index (χ2n) is 6.82. The Morgan fingerprint density at radius 1 is 1.14 bits per heavy atom. The summed E-state index contributed by atoms with van der Waals surface area (Å²) in [4.78, 5) is 24.3. The van der Waals surface area contributed by atoms with Crippen LogP contribution in [0.1, 0.15) is 30.6 Å². The standard InChI is InChI=1S/C21H21N3O2S3/c1-14(2)12-19(26)22-16-10-8-15(9-11-16)18(25)13-28-20-23-24(21(27)29-20)17-6-4-3-5-7-17/h3-11,14H,12-13H2,1-2H3,(H,22,26). The van der Waals surface area contributed by atoms with Crippen molar-refractivity contribution < 1.29 is 9.59 Å². The number of thioether (sulfide) groups is 1. The van der Waals surface area contributed by atoms with Crippen molar-refractivity contribution in [2.24, 2.45) is 5.92 Å². The number of rotatable bonds is 8. The number of aromatic nitrogens is 2. The molecular weight excluding hydrogens is 422 g/mol. The predicted molar refractivity (Wildman–Crippen MR) is 122 cm³/mol. The summed E-state index contributed by atoms with van der Waals surface area (Å²) in [5.74, 6) is 0.554. The Balaban J connectivity index is 1.58. The molecule has 1 aromatic heterocycles. The van der Waals surface area contributed by atoms with Gasteiger partial charge < -0.3 is 5.32 Å². The molecule has 0 spiro atoms. The van der Waals surface area contributed by atoms with Crippen LogP contribution in [0.4, 0.5) is 5.69 Å². The lowest BCUT2D eigenvalue weighted by atomic mass is 10.1. The molecule has 0 aliphatic heterocycles. The summed E-state index contributed by atoms with van der Waals surface area (Å²) in [5.41, 5.74) is 2.20. The van der Waals surface area contributed by atoms with Crippen LogP contribution in [0.15, 0.2) is 58.9 Å². The van der Waals surface area contributed by atoms with Crippen LogP contribution >= 0.6 is 35.3 Å². The van der Waals surface area contributed by atoms with Gasteiger partial charge in [0, 0.05) is 17.7 Å². The smallest absolute Gasteiger partial charge is 0.224 e. The first-order valence-corrected chi connectivity index (χ1v) is 11.3. The number of hydrogen-bond donors (Lipinski definition) is 1. The van der Waals surface area contributed by atoms with E-state index < -0.39 is 0 Å². The molecule has 0 saturated carbocycles. The number of carbonyl (C=O) groups is 2. The third-order valence-electron chi connectivity index (χ3n) is 3.94. The number of benzene rings is 2. The summed E-state index contributed by atoms with van der Waals surface area (Å²) in [7, 11) is 0. The Hall–Kier alpha value is -2.29. The molecule has 0 aliphatic carbocycles. The number of amides is 1. The highest BCUT2D eigenvalue weighted by Crippen LogP contribution is 2.25. The number of carbonyl (C=O) groups excluding carboxylic acids is 2. The molecule has 0 bridgehead atoms. The lowest BCUT2D eigenvalue weighted by molar-refractivity contribution is -0.116. The zero-order chi connectivity index (χ0) is 20.8. The van der Waals surface area contributed by atoms with Gasteiger partial charge in [-0.05, 0) is 54.5 Å². The zero-order valence-corrected chi connectivity index (χ0v) is 18.6. The fourth-order valence-electron chi connectivity index (χ4n) is 2.58. The van der Waals surface area contributed by atoms with Crippen LogP contribution in [-0.4, -0.2) is 27.2 Å². The molecule has 5 nitrogen and oxygen atoms in total. The van der Waals surface area contributed by atoms with Crippen LogP contribution in [0.25, 0.3) is 5.69 Å². The maximum atomic E-state index is 12.5. The number of Topliss-reactive ketones (excluding diaryl/α,β-unsaturated/α-hetero) is 1. The molecule has 1 amide bonds. The minimum absolute atomic E-state index is 0.00226. The van der Waals surface area contributed by atoms with E-state index in [0.717, 1.165) is 10.0 Å². The van der Waals surface area contributed by atoms with E-state index in [-0.39, 0.29) is 17.4 Å². The van der Waals surface area contributed by atoms with Gasteiger partial charge in [0.1, 0.15) is 0 Å². The normalized spacial score (nSPS) is 10.9. The third-order valence-corrected chi connectivity index (χ3v) is 6.31. The summed E-state index contributed by atoms with van der Waals surface area (Å²) in [5, 5.41) is 7.35. The Kier molecular flexibility index (Phi) is 7.35. The van der Waals surface area contributed by atoms with Crippen LogP contribution < -0.4 is 5.32 Å². The molecule has 0 unspecified atom stereocenters. The summed E-state index contributed by atoms with van der Waals surface area (Å²) in [6, 6.07) is 16.7. The van der Waals surface area contributed by atoms with Gasteiger partial charge in [0.15, 0.2) is 14.1 Å². The van der Waals surface area contributed by atoms with Crippen LogP contribution in [0, 0.1) is 9.87 Å². The van der Waals surface area contributed by atoms with Gasteiger partial charge in [-0.25, -0.2) is 4.68 Å². The third kappa shape index (κ3) is 6.09. The summed E-state index contributed by atoms with van der Waals surface area (Å²) in [6.07, 6.45) is 0.471. The molecule has 0 atom stereocenters. The highest BCUT2D eigenvalue weighted by molar-refractivity contribution is 8.01. The van der Waals surface area contributed by atoms with E-state index in [0.29, 0.717) is 27.5 Å². The van der Waals surface area contributed by atoms with Gasteiger partial charge >= 0.3 is 0 Å². The van der Waals surface area contributed by atoms with Gasteiger partial charge in [-0.15, -0.1) is 5.10 Å². The predicted octanol–water partition coefficient (Wildman–Crippen LogP) is 5.62. The maximum absolute atomic E-state index is 12.5. The van der Waals surface area contributed by atoms with E-state index in [1.165, 1.54) is 23.1 Å². The van der Waals surface area contributed by atoms with E-state index in [9.17, 15) is 9.59 Å². The minimum Gasteiger partial charge on any atom is -0.326 e. The van der Waals surface area contributed by atoms with E-state index in [2.05, 4.69) is 10.4 Å². The molecule has 0 radical (unpaired) electrons. The van der Waals surface area contributed by atoms with Crippen molar-refractivity contribution in [2.75, 3.05) is 11.1 Å². The Morgan fingerprint density at radius 2 is 1.83 bits per heavy atom. The minimum atomic E-state index is -0.0233. The number of nitrogens with zero attached hydrogens (tertiary/aromatic N) is 2. The molecule has 0 aliphatic rings. The van der Waals surface area contributed by atoms with Crippen molar-refractivity contribution in [2.45, 2.75) is 24.6 Å². The first-order valence-electron chi connectivity index (χ1n) is 9.14. The molecule has 150 valence electrons. The average Bonchev–Trinajstić information content (AvgIpc) is 3.07. The maximum Gasteiger partial charge on any atom is 0.224 e. The fraction of sp³-hybridized carbons (Fsp3) is 0.238. The second kappa shape index (κ2) is 9.96. The molecular formula is C21H21N3O2S3. The van der Waals surface area contributed by atoms with Crippen molar-refractivity contribution in [3.05, 3.63) is 64.1 Å². The van der Waals surface area contributed by atoms with Crippen LogP contribution in [0.5, 0.6) is 0 Å². The van der Waals surface area contributed by atoms with Gasteiger partial charge in [0.2, 0.25) is 5.91 Å². The summed E-state index contributed by atoms with van der Waals surface area (Å²) in [6.45, 7) is 4.00. The highest BCUT2D eigenvalue weighted by atomic mass is 32.2. The van der Waals surface area contributed by atoms with Gasteiger partial charge in [-0.3, -0.25) is 9.59 Å². The average molecular weight is 444 g/mol. The monoisotopic (exact) mass is 443 g/mol. The van der Waals surface area contributed by atoms with E-state index in [1.54, 1.807) is 28.9 Å². The molecule has 29 heavy (non-hydrogen) atoms. The Labute approximate surface area is 183 Å². The number of ketones is 1. The number of para-hydroxylation sites is 1. The highest BCUT2D eigenvalue weighted by Gasteiger charge is 2.11. The SMILES string of the molecule is CC(C)CC(=O)Nc1ccc(C(=O)CSc2nn(-c3ccccc3)c(=S)s2)cc1. The van der Waals surface area contributed by atoms with Crippen LogP contribution in [0.3, 0.4) is 0 Å². The molecule has 3 rings (SSSR count). The van der Waals surface area contributed by atoms with Gasteiger partial charge in [-0.1, -0.05) is 55.1 Å². The van der Waals surface area contributed by atoms with Gasteiger partial charge in [0.05, 0.1) is 11.4 Å². The number of nitrogens with one attached hydrogen (secondary N) is 1. The van der Waals surface area contributed by atoms with Crippen molar-refractivity contribution in [1.82, 2.24) is 9.78 Å². The lowest BCUT2D eigenvalue weighted by Gasteiger charge is -2.07. The molecule has 2 aromatic carbocycles. The van der Waals surface area contributed by atoms with Gasteiger partial charge in [-0.2, -0.15) is 0 Å². The molecule has 0 saturated heterocycles. The van der Waals surface area contributed by atoms with Crippen molar-refractivity contribution in [3.63, 3.8) is 0 Å².